The van der Waals surface area contributed by atoms with Crippen LogP contribution in [0.5, 0.6) is 0 Å². The monoisotopic (exact) mass is 302 g/mol. The van der Waals surface area contributed by atoms with Crippen LogP contribution in [-0.2, 0) is 4.74 Å². The van der Waals surface area contributed by atoms with Crippen LogP contribution in [0.1, 0.15) is 35.2 Å². The fourth-order valence-corrected chi connectivity index (χ4v) is 3.05. The topological polar surface area (TPSA) is 73.6 Å². The van der Waals surface area contributed by atoms with Gasteiger partial charge >= 0.3 is 0 Å². The van der Waals surface area contributed by atoms with Crippen molar-refractivity contribution in [3.8, 4) is 6.07 Å². The van der Waals surface area contributed by atoms with Crippen LogP contribution in [0.2, 0.25) is 0 Å². The quantitative estimate of drug-likeness (QED) is 0.900. The molecule has 22 heavy (non-hydrogen) atoms. The Kier molecular flexibility index (Phi) is 5.53. The standard InChI is InChI=1S/C17H22N2O3/c1-22-10-8-17(13-20)7-4-9-19(12-17)16(21)15-6-3-2-5-14(15)11-18/h2-3,5-6,20H,4,7-10,12-13H2,1H3/t17-/m0/s1. The molecular formula is C17H22N2O3. The van der Waals surface area contributed by atoms with E-state index in [-0.39, 0.29) is 17.9 Å². The molecule has 2 rings (SSSR count). The number of likely N-dealkylation sites (tertiary alicyclic amines) is 1. The van der Waals surface area contributed by atoms with Gasteiger partial charge in [0.15, 0.2) is 0 Å². The molecule has 0 aromatic heterocycles. The summed E-state index contributed by atoms with van der Waals surface area (Å²) < 4.78 is 5.13. The van der Waals surface area contributed by atoms with Crippen molar-refractivity contribution in [2.75, 3.05) is 33.4 Å². The first-order valence-corrected chi connectivity index (χ1v) is 7.54. The largest absolute Gasteiger partial charge is 0.396 e. The zero-order chi connectivity index (χ0) is 16.0. The fourth-order valence-electron chi connectivity index (χ4n) is 3.05. The van der Waals surface area contributed by atoms with Crippen LogP contribution in [-0.4, -0.2) is 49.3 Å². The average molecular weight is 302 g/mol. The molecule has 1 N–H and O–H groups in total. The van der Waals surface area contributed by atoms with Crippen molar-refractivity contribution in [2.24, 2.45) is 5.41 Å². The van der Waals surface area contributed by atoms with Gasteiger partial charge in [-0.25, -0.2) is 0 Å². The van der Waals surface area contributed by atoms with Crippen LogP contribution in [0.15, 0.2) is 24.3 Å². The number of carbonyl (C=O) groups is 1. The number of hydrogen-bond acceptors (Lipinski definition) is 4. The summed E-state index contributed by atoms with van der Waals surface area (Å²) in [5.74, 6) is -0.132. The van der Waals surface area contributed by atoms with E-state index in [1.165, 1.54) is 0 Å². The van der Waals surface area contributed by atoms with E-state index in [1.807, 2.05) is 0 Å². The number of aliphatic hydroxyl groups is 1. The van der Waals surface area contributed by atoms with Crippen molar-refractivity contribution >= 4 is 5.91 Å². The Balaban J connectivity index is 2.18. The maximum absolute atomic E-state index is 12.7. The van der Waals surface area contributed by atoms with Gasteiger partial charge in [-0.3, -0.25) is 4.79 Å². The van der Waals surface area contributed by atoms with E-state index in [1.54, 1.807) is 36.3 Å². The number of piperidine rings is 1. The molecular weight excluding hydrogens is 280 g/mol. The first kappa shape index (κ1) is 16.5. The van der Waals surface area contributed by atoms with Crippen molar-refractivity contribution < 1.29 is 14.6 Å². The van der Waals surface area contributed by atoms with Gasteiger partial charge in [-0.05, 0) is 31.4 Å². The second kappa shape index (κ2) is 7.39. The summed E-state index contributed by atoms with van der Waals surface area (Å²) in [5, 5.41) is 18.9. The number of carbonyl (C=O) groups excluding carboxylic acids is 1. The van der Waals surface area contributed by atoms with E-state index in [2.05, 4.69) is 6.07 Å². The lowest BCUT2D eigenvalue weighted by atomic mass is 9.78. The molecule has 118 valence electrons. The Morgan fingerprint density at radius 3 is 2.95 bits per heavy atom. The molecule has 0 bridgehead atoms. The first-order valence-electron chi connectivity index (χ1n) is 7.54. The molecule has 1 aliphatic rings. The van der Waals surface area contributed by atoms with Crippen LogP contribution < -0.4 is 0 Å². The molecule has 0 unspecified atom stereocenters. The lowest BCUT2D eigenvalue weighted by Crippen LogP contribution is -2.48. The van der Waals surface area contributed by atoms with Gasteiger partial charge < -0.3 is 14.7 Å². The molecule has 1 fully saturated rings. The lowest BCUT2D eigenvalue weighted by Gasteiger charge is -2.42. The third-order valence-corrected chi connectivity index (χ3v) is 4.40. The second-order valence-electron chi connectivity index (χ2n) is 5.89. The van der Waals surface area contributed by atoms with E-state index in [0.717, 1.165) is 19.3 Å². The zero-order valence-corrected chi connectivity index (χ0v) is 12.9. The number of nitriles is 1. The Hall–Kier alpha value is -1.90. The summed E-state index contributed by atoms with van der Waals surface area (Å²) >= 11 is 0. The number of amides is 1. The van der Waals surface area contributed by atoms with E-state index in [0.29, 0.717) is 30.8 Å². The second-order valence-corrected chi connectivity index (χ2v) is 5.89. The maximum Gasteiger partial charge on any atom is 0.255 e. The van der Waals surface area contributed by atoms with Gasteiger partial charge in [0.05, 0.1) is 23.8 Å². The predicted molar refractivity (Wildman–Crippen MR) is 82.3 cm³/mol. The maximum atomic E-state index is 12.7. The SMILES string of the molecule is COCC[C@@]1(CO)CCCN(C(=O)c2ccccc2C#N)C1. The first-order chi connectivity index (χ1) is 10.7. The van der Waals surface area contributed by atoms with E-state index < -0.39 is 0 Å². The van der Waals surface area contributed by atoms with E-state index >= 15 is 0 Å². The summed E-state index contributed by atoms with van der Waals surface area (Å²) in [5.41, 5.74) is 0.529. The Morgan fingerprint density at radius 2 is 2.27 bits per heavy atom. The number of nitrogens with zero attached hydrogens (tertiary/aromatic N) is 2. The number of methoxy groups -OCH3 is 1. The minimum Gasteiger partial charge on any atom is -0.396 e. The normalized spacial score (nSPS) is 21.4. The van der Waals surface area contributed by atoms with Gasteiger partial charge in [0.1, 0.15) is 0 Å². The molecule has 1 aromatic carbocycles. The Morgan fingerprint density at radius 1 is 1.50 bits per heavy atom. The summed E-state index contributed by atoms with van der Waals surface area (Å²) in [6.07, 6.45) is 2.46. The van der Waals surface area contributed by atoms with Crippen molar-refractivity contribution in [3.05, 3.63) is 35.4 Å². The van der Waals surface area contributed by atoms with Gasteiger partial charge in [-0.15, -0.1) is 0 Å². The molecule has 5 nitrogen and oxygen atoms in total. The van der Waals surface area contributed by atoms with E-state index in [9.17, 15) is 9.90 Å². The van der Waals surface area contributed by atoms with Gasteiger partial charge in [0.2, 0.25) is 0 Å². The molecule has 1 aliphatic heterocycles. The van der Waals surface area contributed by atoms with Gasteiger partial charge in [0.25, 0.3) is 5.91 Å². The molecule has 1 saturated heterocycles. The minimum absolute atomic E-state index is 0.0417. The highest BCUT2D eigenvalue weighted by atomic mass is 16.5. The van der Waals surface area contributed by atoms with Crippen LogP contribution in [0.3, 0.4) is 0 Å². The van der Waals surface area contributed by atoms with Crippen molar-refractivity contribution in [3.63, 3.8) is 0 Å². The third kappa shape index (κ3) is 3.46. The number of hydrogen-bond donors (Lipinski definition) is 1. The molecule has 5 heteroatoms. The van der Waals surface area contributed by atoms with Crippen molar-refractivity contribution in [1.29, 1.82) is 5.26 Å². The Bertz CT molecular complexity index is 567. The molecule has 1 amide bonds. The number of ether oxygens (including phenoxy) is 1. The van der Waals surface area contributed by atoms with Crippen LogP contribution >= 0.6 is 0 Å². The van der Waals surface area contributed by atoms with Crippen LogP contribution in [0, 0.1) is 16.7 Å². The molecule has 1 atom stereocenters. The van der Waals surface area contributed by atoms with Crippen LogP contribution in [0.4, 0.5) is 0 Å². The fraction of sp³-hybridized carbons (Fsp3) is 0.529. The highest BCUT2D eigenvalue weighted by molar-refractivity contribution is 5.96. The summed E-state index contributed by atoms with van der Waals surface area (Å²) in [6, 6.07) is 8.93. The van der Waals surface area contributed by atoms with Crippen LogP contribution in [0.25, 0.3) is 0 Å². The molecule has 0 aliphatic carbocycles. The number of rotatable bonds is 5. The number of aliphatic hydroxyl groups excluding tert-OH is 1. The molecule has 0 saturated carbocycles. The van der Waals surface area contributed by atoms with Crippen molar-refractivity contribution in [1.82, 2.24) is 4.90 Å². The molecule has 0 radical (unpaired) electrons. The Labute approximate surface area is 131 Å². The van der Waals surface area contributed by atoms with Gasteiger partial charge in [0, 0.05) is 32.2 Å². The summed E-state index contributed by atoms with van der Waals surface area (Å²) in [6.45, 7) is 1.77. The highest BCUT2D eigenvalue weighted by Gasteiger charge is 2.37. The smallest absolute Gasteiger partial charge is 0.255 e. The molecule has 0 spiro atoms. The predicted octanol–water partition coefficient (Wildman–Crippen LogP) is 1.81. The van der Waals surface area contributed by atoms with Gasteiger partial charge in [-0.1, -0.05) is 12.1 Å². The summed E-state index contributed by atoms with van der Waals surface area (Å²) in [7, 11) is 1.64. The third-order valence-electron chi connectivity index (χ3n) is 4.40. The summed E-state index contributed by atoms with van der Waals surface area (Å²) in [4.78, 5) is 14.5. The highest BCUT2D eigenvalue weighted by Crippen LogP contribution is 2.33. The lowest BCUT2D eigenvalue weighted by molar-refractivity contribution is 0.00897. The average Bonchev–Trinajstić information content (AvgIpc) is 2.59. The van der Waals surface area contributed by atoms with Gasteiger partial charge in [-0.2, -0.15) is 5.26 Å². The van der Waals surface area contributed by atoms with Crippen molar-refractivity contribution in [2.45, 2.75) is 19.3 Å². The molecule has 1 heterocycles. The number of benzene rings is 1. The van der Waals surface area contributed by atoms with E-state index in [4.69, 9.17) is 10.00 Å². The zero-order valence-electron chi connectivity index (χ0n) is 12.9. The molecule has 1 aromatic rings. The minimum atomic E-state index is -0.300.